The maximum atomic E-state index is 12.3. The van der Waals surface area contributed by atoms with Crippen molar-refractivity contribution in [3.8, 4) is 11.5 Å². The number of ether oxygens (including phenoxy) is 2. The summed E-state index contributed by atoms with van der Waals surface area (Å²) in [6, 6.07) is 16.9. The molecule has 0 bridgehead atoms. The van der Waals surface area contributed by atoms with Crippen LogP contribution in [0.1, 0.15) is 17.3 Å². The van der Waals surface area contributed by atoms with E-state index in [1.165, 1.54) is 25.4 Å². The van der Waals surface area contributed by atoms with Crippen LogP contribution in [0.25, 0.3) is 21.0 Å². The minimum absolute atomic E-state index is 0.0732. The van der Waals surface area contributed by atoms with Crippen molar-refractivity contribution in [2.45, 2.75) is 6.92 Å². The number of anilines is 1. The Hall–Kier alpha value is -3.45. The number of Topliss-reactive ketones (excluding diaryl/α,β-unsaturated/α-hetero) is 1. The highest BCUT2D eigenvalue weighted by atomic mass is 32.1. The molecule has 1 aromatic heterocycles. The Morgan fingerprint density at radius 1 is 1.07 bits per heavy atom. The SMILES string of the molecule is COc1cc(C(C)=O)ccc1OCC(=O)Nc1nc2c(ccc3ccccc32)s1. The first-order chi connectivity index (χ1) is 14.0. The Kier molecular flexibility index (Phi) is 5.14. The maximum Gasteiger partial charge on any atom is 0.264 e. The van der Waals surface area contributed by atoms with E-state index in [1.807, 2.05) is 36.4 Å². The fourth-order valence-electron chi connectivity index (χ4n) is 3.02. The second-order valence-electron chi connectivity index (χ2n) is 6.41. The highest BCUT2D eigenvalue weighted by Crippen LogP contribution is 2.32. The van der Waals surface area contributed by atoms with E-state index in [4.69, 9.17) is 9.47 Å². The van der Waals surface area contributed by atoms with Crippen molar-refractivity contribution < 1.29 is 19.1 Å². The van der Waals surface area contributed by atoms with Gasteiger partial charge in [0.25, 0.3) is 5.91 Å². The van der Waals surface area contributed by atoms with Gasteiger partial charge in [0.2, 0.25) is 0 Å². The van der Waals surface area contributed by atoms with Crippen LogP contribution in [0.4, 0.5) is 5.13 Å². The van der Waals surface area contributed by atoms with Gasteiger partial charge in [-0.05, 0) is 36.6 Å². The van der Waals surface area contributed by atoms with Gasteiger partial charge in [0.05, 0.1) is 17.3 Å². The Morgan fingerprint density at radius 2 is 1.90 bits per heavy atom. The molecule has 0 aliphatic carbocycles. The molecule has 0 radical (unpaired) electrons. The van der Waals surface area contributed by atoms with Crippen LogP contribution in [0.15, 0.2) is 54.6 Å². The summed E-state index contributed by atoms with van der Waals surface area (Å²) in [6.07, 6.45) is 0. The van der Waals surface area contributed by atoms with Crippen molar-refractivity contribution in [3.05, 3.63) is 60.2 Å². The molecule has 0 saturated heterocycles. The summed E-state index contributed by atoms with van der Waals surface area (Å²) in [5.74, 6) is 0.391. The van der Waals surface area contributed by atoms with Gasteiger partial charge in [-0.2, -0.15) is 0 Å². The average Bonchev–Trinajstić information content (AvgIpc) is 3.14. The van der Waals surface area contributed by atoms with Crippen molar-refractivity contribution in [2.75, 3.05) is 19.0 Å². The molecule has 1 heterocycles. The third-order valence-corrected chi connectivity index (χ3v) is 5.39. The zero-order chi connectivity index (χ0) is 20.4. The Morgan fingerprint density at radius 3 is 2.69 bits per heavy atom. The van der Waals surface area contributed by atoms with E-state index >= 15 is 0 Å². The summed E-state index contributed by atoms with van der Waals surface area (Å²) in [6.45, 7) is 1.27. The number of hydrogen-bond acceptors (Lipinski definition) is 6. The Bertz CT molecular complexity index is 1230. The minimum atomic E-state index is -0.328. The number of thiazole rings is 1. The largest absolute Gasteiger partial charge is 0.493 e. The quantitative estimate of drug-likeness (QED) is 0.471. The smallest absolute Gasteiger partial charge is 0.264 e. The molecule has 7 heteroatoms. The lowest BCUT2D eigenvalue weighted by atomic mass is 10.1. The number of carbonyl (C=O) groups is 2. The van der Waals surface area contributed by atoms with Crippen LogP contribution in [-0.2, 0) is 4.79 Å². The summed E-state index contributed by atoms with van der Waals surface area (Å²) in [7, 11) is 1.48. The predicted octanol–water partition coefficient (Wildman–Crippen LogP) is 4.68. The van der Waals surface area contributed by atoms with Crippen LogP contribution in [-0.4, -0.2) is 30.4 Å². The number of hydrogen-bond donors (Lipinski definition) is 1. The molecule has 0 aliphatic rings. The number of fused-ring (bicyclic) bond motifs is 3. The average molecular weight is 406 g/mol. The van der Waals surface area contributed by atoms with Crippen molar-refractivity contribution >= 4 is 49.1 Å². The van der Waals surface area contributed by atoms with Gasteiger partial charge < -0.3 is 9.47 Å². The zero-order valence-electron chi connectivity index (χ0n) is 15.9. The summed E-state index contributed by atoms with van der Waals surface area (Å²) in [5.41, 5.74) is 1.38. The lowest BCUT2D eigenvalue weighted by Gasteiger charge is -2.11. The fourth-order valence-corrected chi connectivity index (χ4v) is 3.92. The molecule has 1 amide bonds. The number of aromatic nitrogens is 1. The van der Waals surface area contributed by atoms with E-state index in [1.54, 1.807) is 18.2 Å². The Balaban J connectivity index is 1.48. The number of amides is 1. The molecule has 29 heavy (non-hydrogen) atoms. The van der Waals surface area contributed by atoms with Crippen molar-refractivity contribution in [2.24, 2.45) is 0 Å². The van der Waals surface area contributed by atoms with Crippen LogP contribution in [0.5, 0.6) is 11.5 Å². The lowest BCUT2D eigenvalue weighted by molar-refractivity contribution is -0.118. The fraction of sp³-hybridized carbons (Fsp3) is 0.136. The number of nitrogens with one attached hydrogen (secondary N) is 1. The first-order valence-electron chi connectivity index (χ1n) is 8.95. The van der Waals surface area contributed by atoms with Crippen LogP contribution >= 0.6 is 11.3 Å². The van der Waals surface area contributed by atoms with Gasteiger partial charge in [-0.25, -0.2) is 4.98 Å². The van der Waals surface area contributed by atoms with E-state index in [9.17, 15) is 9.59 Å². The monoisotopic (exact) mass is 406 g/mol. The van der Waals surface area contributed by atoms with Gasteiger partial charge in [0.1, 0.15) is 0 Å². The Labute approximate surface area is 171 Å². The summed E-state index contributed by atoms with van der Waals surface area (Å²) < 4.78 is 11.8. The number of ketones is 1. The van der Waals surface area contributed by atoms with E-state index in [0.29, 0.717) is 22.2 Å². The molecule has 0 spiro atoms. The molecule has 0 atom stereocenters. The summed E-state index contributed by atoms with van der Waals surface area (Å²) in [4.78, 5) is 28.4. The highest BCUT2D eigenvalue weighted by Gasteiger charge is 2.13. The van der Waals surface area contributed by atoms with Gasteiger partial charge in [0, 0.05) is 10.9 Å². The van der Waals surface area contributed by atoms with Crippen LogP contribution in [0.3, 0.4) is 0 Å². The number of rotatable bonds is 6. The van der Waals surface area contributed by atoms with E-state index in [-0.39, 0.29) is 18.3 Å². The van der Waals surface area contributed by atoms with Gasteiger partial charge in [-0.1, -0.05) is 41.7 Å². The summed E-state index contributed by atoms with van der Waals surface area (Å²) >= 11 is 1.41. The predicted molar refractivity (Wildman–Crippen MR) is 114 cm³/mol. The minimum Gasteiger partial charge on any atom is -0.493 e. The first-order valence-corrected chi connectivity index (χ1v) is 9.76. The molecule has 6 nitrogen and oxygen atoms in total. The molecule has 0 aliphatic heterocycles. The number of methoxy groups -OCH3 is 1. The molecule has 0 saturated carbocycles. The van der Waals surface area contributed by atoms with Crippen molar-refractivity contribution in [1.29, 1.82) is 0 Å². The normalized spacial score (nSPS) is 10.8. The van der Waals surface area contributed by atoms with E-state index in [0.717, 1.165) is 21.0 Å². The zero-order valence-corrected chi connectivity index (χ0v) is 16.7. The molecule has 0 unspecified atom stereocenters. The molecule has 4 aromatic rings. The van der Waals surface area contributed by atoms with E-state index < -0.39 is 0 Å². The number of carbonyl (C=O) groups excluding carboxylic acids is 2. The van der Waals surface area contributed by atoms with Crippen molar-refractivity contribution in [1.82, 2.24) is 4.98 Å². The summed E-state index contributed by atoms with van der Waals surface area (Å²) in [5, 5.41) is 5.45. The third kappa shape index (κ3) is 3.90. The highest BCUT2D eigenvalue weighted by molar-refractivity contribution is 7.22. The number of benzene rings is 3. The van der Waals surface area contributed by atoms with Crippen LogP contribution in [0, 0.1) is 0 Å². The van der Waals surface area contributed by atoms with Crippen molar-refractivity contribution in [3.63, 3.8) is 0 Å². The van der Waals surface area contributed by atoms with Gasteiger partial charge >= 0.3 is 0 Å². The van der Waals surface area contributed by atoms with Crippen LogP contribution in [0.2, 0.25) is 0 Å². The molecular weight excluding hydrogens is 388 g/mol. The second-order valence-corrected chi connectivity index (χ2v) is 7.44. The molecule has 1 N–H and O–H groups in total. The van der Waals surface area contributed by atoms with E-state index in [2.05, 4.69) is 10.3 Å². The van der Waals surface area contributed by atoms with Crippen LogP contribution < -0.4 is 14.8 Å². The molecule has 146 valence electrons. The second kappa shape index (κ2) is 7.89. The molecular formula is C22H18N2O4S. The van der Waals surface area contributed by atoms with Gasteiger partial charge in [0.15, 0.2) is 29.0 Å². The topological polar surface area (TPSA) is 77.5 Å². The maximum absolute atomic E-state index is 12.3. The first kappa shape index (κ1) is 18.9. The van der Waals surface area contributed by atoms with Gasteiger partial charge in [-0.3, -0.25) is 14.9 Å². The lowest BCUT2D eigenvalue weighted by Crippen LogP contribution is -2.20. The third-order valence-electron chi connectivity index (χ3n) is 4.46. The standard InChI is InChI=1S/C22H18N2O4S/c1-13(25)15-7-9-17(18(11-15)27-2)28-12-20(26)23-22-24-21-16-6-4-3-5-14(16)8-10-19(21)29-22/h3-11H,12H2,1-2H3,(H,23,24,26). The van der Waals surface area contributed by atoms with Gasteiger partial charge in [-0.15, -0.1) is 0 Å². The molecule has 3 aromatic carbocycles. The molecule has 0 fully saturated rings. The molecule has 4 rings (SSSR count). The number of nitrogens with zero attached hydrogens (tertiary/aromatic N) is 1.